The van der Waals surface area contributed by atoms with E-state index in [4.69, 9.17) is 14.2 Å². The van der Waals surface area contributed by atoms with Crippen LogP contribution in [0, 0.1) is 17.8 Å². The molecule has 1 aromatic carbocycles. The molecule has 0 bridgehead atoms. The SMILES string of the molecule is COc1ccc(COC(C)C#Cc2ccc(OC3CC(C)C3)cn2)cc1. The molecule has 136 valence electrons. The Morgan fingerprint density at radius 3 is 2.46 bits per heavy atom. The van der Waals surface area contributed by atoms with Gasteiger partial charge in [0.15, 0.2) is 0 Å². The smallest absolute Gasteiger partial charge is 0.138 e. The van der Waals surface area contributed by atoms with Crippen molar-refractivity contribution in [3.8, 4) is 23.3 Å². The van der Waals surface area contributed by atoms with Crippen molar-refractivity contribution in [2.24, 2.45) is 5.92 Å². The molecule has 4 heteroatoms. The predicted octanol–water partition coefficient (Wildman–Crippen LogP) is 4.22. The molecule has 2 aromatic rings. The second kappa shape index (κ2) is 8.73. The van der Waals surface area contributed by atoms with Gasteiger partial charge in [-0.2, -0.15) is 0 Å². The summed E-state index contributed by atoms with van der Waals surface area (Å²) < 4.78 is 16.8. The molecule has 0 radical (unpaired) electrons. The molecule has 0 amide bonds. The molecular weight excluding hydrogens is 326 g/mol. The molecule has 1 unspecified atom stereocenters. The van der Waals surface area contributed by atoms with E-state index < -0.39 is 0 Å². The number of methoxy groups -OCH3 is 1. The van der Waals surface area contributed by atoms with Gasteiger partial charge in [-0.15, -0.1) is 0 Å². The van der Waals surface area contributed by atoms with Crippen LogP contribution in [0.5, 0.6) is 11.5 Å². The van der Waals surface area contributed by atoms with Crippen molar-refractivity contribution >= 4 is 0 Å². The number of aromatic nitrogens is 1. The first-order valence-electron chi connectivity index (χ1n) is 9.01. The molecule has 1 heterocycles. The maximum atomic E-state index is 5.86. The van der Waals surface area contributed by atoms with E-state index in [0.29, 0.717) is 12.7 Å². The highest BCUT2D eigenvalue weighted by atomic mass is 16.5. The Morgan fingerprint density at radius 2 is 1.85 bits per heavy atom. The summed E-state index contributed by atoms with van der Waals surface area (Å²) in [5, 5.41) is 0. The lowest BCUT2D eigenvalue weighted by Crippen LogP contribution is -2.31. The molecule has 1 aliphatic rings. The summed E-state index contributed by atoms with van der Waals surface area (Å²) in [6, 6.07) is 11.6. The van der Waals surface area contributed by atoms with Crippen molar-refractivity contribution in [3.63, 3.8) is 0 Å². The minimum absolute atomic E-state index is 0.175. The molecule has 1 aliphatic carbocycles. The van der Waals surface area contributed by atoms with Gasteiger partial charge in [0.2, 0.25) is 0 Å². The van der Waals surface area contributed by atoms with Crippen molar-refractivity contribution in [2.75, 3.05) is 7.11 Å². The van der Waals surface area contributed by atoms with Crippen molar-refractivity contribution in [3.05, 3.63) is 53.9 Å². The predicted molar refractivity (Wildman–Crippen MR) is 101 cm³/mol. The summed E-state index contributed by atoms with van der Waals surface area (Å²) in [5.41, 5.74) is 1.81. The zero-order valence-corrected chi connectivity index (χ0v) is 15.6. The van der Waals surface area contributed by atoms with E-state index in [2.05, 4.69) is 23.7 Å². The monoisotopic (exact) mass is 351 g/mol. The lowest BCUT2D eigenvalue weighted by Gasteiger charge is -2.32. The van der Waals surface area contributed by atoms with Crippen LogP contribution in [0.1, 0.15) is 37.9 Å². The number of pyridine rings is 1. The van der Waals surface area contributed by atoms with E-state index in [9.17, 15) is 0 Å². The average Bonchev–Trinajstić information content (AvgIpc) is 2.65. The molecule has 0 aliphatic heterocycles. The van der Waals surface area contributed by atoms with Crippen molar-refractivity contribution in [2.45, 2.75) is 45.5 Å². The normalized spacial score (nSPS) is 19.7. The number of hydrogen-bond acceptors (Lipinski definition) is 4. The molecule has 1 aromatic heterocycles. The van der Waals surface area contributed by atoms with Crippen LogP contribution in [0.2, 0.25) is 0 Å². The van der Waals surface area contributed by atoms with E-state index >= 15 is 0 Å². The van der Waals surface area contributed by atoms with Crippen molar-refractivity contribution in [1.29, 1.82) is 0 Å². The van der Waals surface area contributed by atoms with Gasteiger partial charge in [-0.1, -0.05) is 25.0 Å². The van der Waals surface area contributed by atoms with Crippen LogP contribution in [-0.2, 0) is 11.3 Å². The van der Waals surface area contributed by atoms with Crippen LogP contribution >= 0.6 is 0 Å². The Balaban J connectivity index is 1.46. The quantitative estimate of drug-likeness (QED) is 0.731. The van der Waals surface area contributed by atoms with E-state index in [1.807, 2.05) is 43.3 Å². The number of rotatable bonds is 6. The molecule has 0 spiro atoms. The van der Waals surface area contributed by atoms with Crippen LogP contribution in [0.4, 0.5) is 0 Å². The van der Waals surface area contributed by atoms with Gasteiger partial charge < -0.3 is 14.2 Å². The number of nitrogens with zero attached hydrogens (tertiary/aromatic N) is 1. The summed E-state index contributed by atoms with van der Waals surface area (Å²) >= 11 is 0. The molecule has 1 fully saturated rings. The number of hydrogen-bond donors (Lipinski definition) is 0. The minimum Gasteiger partial charge on any atom is -0.497 e. The Kier molecular flexibility index (Phi) is 6.14. The van der Waals surface area contributed by atoms with Crippen LogP contribution in [-0.4, -0.2) is 24.3 Å². The van der Waals surface area contributed by atoms with Gasteiger partial charge >= 0.3 is 0 Å². The third kappa shape index (κ3) is 5.24. The zero-order chi connectivity index (χ0) is 18.4. The fraction of sp³-hybridized carbons (Fsp3) is 0.409. The Bertz CT molecular complexity index is 753. The second-order valence-electron chi connectivity index (χ2n) is 6.77. The van der Waals surface area contributed by atoms with E-state index in [1.165, 1.54) is 0 Å². The Labute approximate surface area is 155 Å². The lowest BCUT2D eigenvalue weighted by atomic mass is 9.84. The fourth-order valence-electron chi connectivity index (χ4n) is 2.80. The van der Waals surface area contributed by atoms with Crippen LogP contribution in [0.25, 0.3) is 0 Å². The van der Waals surface area contributed by atoms with Gasteiger partial charge in [-0.05, 0) is 61.4 Å². The second-order valence-corrected chi connectivity index (χ2v) is 6.77. The Hall–Kier alpha value is -2.51. The minimum atomic E-state index is -0.175. The topological polar surface area (TPSA) is 40.6 Å². The standard InChI is InChI=1S/C22H25NO3/c1-16-12-22(13-16)26-21-11-8-19(23-14-21)7-4-17(2)25-15-18-5-9-20(24-3)10-6-18/h5-6,8-11,14,16-17,22H,12-13,15H2,1-3H3. The summed E-state index contributed by atoms with van der Waals surface area (Å²) in [6.07, 6.45) is 4.17. The third-order valence-electron chi connectivity index (χ3n) is 4.43. The zero-order valence-electron chi connectivity index (χ0n) is 15.6. The van der Waals surface area contributed by atoms with Crippen LogP contribution in [0.15, 0.2) is 42.6 Å². The van der Waals surface area contributed by atoms with E-state index in [1.54, 1.807) is 13.3 Å². The van der Waals surface area contributed by atoms with Gasteiger partial charge in [0, 0.05) is 0 Å². The third-order valence-corrected chi connectivity index (χ3v) is 4.43. The largest absolute Gasteiger partial charge is 0.497 e. The first-order chi connectivity index (χ1) is 12.6. The average molecular weight is 351 g/mol. The van der Waals surface area contributed by atoms with Crippen molar-refractivity contribution in [1.82, 2.24) is 4.98 Å². The number of benzene rings is 1. The van der Waals surface area contributed by atoms with Gasteiger partial charge in [0.25, 0.3) is 0 Å². The molecular formula is C22H25NO3. The summed E-state index contributed by atoms with van der Waals surface area (Å²) in [7, 11) is 1.66. The van der Waals surface area contributed by atoms with Crippen molar-refractivity contribution < 1.29 is 14.2 Å². The summed E-state index contributed by atoms with van der Waals surface area (Å²) in [6.45, 7) is 4.69. The molecule has 4 nitrogen and oxygen atoms in total. The molecule has 1 saturated carbocycles. The van der Waals surface area contributed by atoms with Crippen LogP contribution < -0.4 is 9.47 Å². The lowest BCUT2D eigenvalue weighted by molar-refractivity contribution is 0.0735. The highest BCUT2D eigenvalue weighted by molar-refractivity contribution is 5.32. The highest BCUT2D eigenvalue weighted by Crippen LogP contribution is 2.30. The molecule has 1 atom stereocenters. The Morgan fingerprint density at radius 1 is 1.12 bits per heavy atom. The van der Waals surface area contributed by atoms with Gasteiger partial charge in [-0.3, -0.25) is 0 Å². The van der Waals surface area contributed by atoms with E-state index in [-0.39, 0.29) is 6.10 Å². The maximum absolute atomic E-state index is 5.86. The summed E-state index contributed by atoms with van der Waals surface area (Å²) in [4.78, 5) is 4.35. The van der Waals surface area contributed by atoms with E-state index in [0.717, 1.165) is 41.5 Å². The van der Waals surface area contributed by atoms with Gasteiger partial charge in [-0.25, -0.2) is 4.98 Å². The van der Waals surface area contributed by atoms with Crippen LogP contribution in [0.3, 0.4) is 0 Å². The molecule has 26 heavy (non-hydrogen) atoms. The summed E-state index contributed by atoms with van der Waals surface area (Å²) in [5.74, 6) is 8.56. The first-order valence-corrected chi connectivity index (χ1v) is 9.01. The van der Waals surface area contributed by atoms with Gasteiger partial charge in [0.1, 0.15) is 23.3 Å². The molecule has 0 saturated heterocycles. The number of ether oxygens (including phenoxy) is 3. The first kappa shape index (κ1) is 18.3. The van der Waals surface area contributed by atoms with Gasteiger partial charge in [0.05, 0.1) is 26.0 Å². The molecule has 0 N–H and O–H groups in total. The maximum Gasteiger partial charge on any atom is 0.138 e. The molecule has 3 rings (SSSR count). The highest BCUT2D eigenvalue weighted by Gasteiger charge is 2.26. The fourth-order valence-corrected chi connectivity index (χ4v) is 2.80.